The number of aromatic nitrogens is 1. The molecule has 0 saturated heterocycles. The average Bonchev–Trinajstić information content (AvgIpc) is 2.64. The molecule has 1 aromatic carbocycles. The number of hydrogen-bond acceptors (Lipinski definition) is 3. The summed E-state index contributed by atoms with van der Waals surface area (Å²) in [5.74, 6) is 0.481. The third kappa shape index (κ3) is 6.27. The van der Waals surface area contributed by atoms with Crippen molar-refractivity contribution in [3.63, 3.8) is 0 Å². The number of nitrogens with zero attached hydrogens (tertiary/aromatic N) is 1. The molecule has 1 atom stereocenters. The van der Waals surface area contributed by atoms with E-state index in [1.807, 2.05) is 0 Å². The predicted molar refractivity (Wildman–Crippen MR) is 101 cm³/mol. The summed E-state index contributed by atoms with van der Waals surface area (Å²) in [7, 11) is 0. The van der Waals surface area contributed by atoms with E-state index in [2.05, 4.69) is 29.5 Å². The van der Waals surface area contributed by atoms with E-state index >= 15 is 0 Å². The highest BCUT2D eigenvalue weighted by molar-refractivity contribution is 6.07. The van der Waals surface area contributed by atoms with Crippen molar-refractivity contribution in [3.8, 4) is 0 Å². The maximum atomic E-state index is 12.6. The first kappa shape index (κ1) is 20.7. The summed E-state index contributed by atoms with van der Waals surface area (Å²) in [6, 6.07) is 7.62. The standard InChI is InChI=1S/C20H24F3N3O/c1-3-4-6-14(2)13-25-18-17(7-5-12-24-18)19(27)26-16-10-8-15(9-11-16)20(21,22)23/h5,7-12,14H,3-4,6,13H2,1-2H3,(H,24,25)(H,26,27). The number of amides is 1. The smallest absolute Gasteiger partial charge is 0.369 e. The van der Waals surface area contributed by atoms with Crippen LogP contribution in [0.4, 0.5) is 24.7 Å². The molecule has 27 heavy (non-hydrogen) atoms. The maximum absolute atomic E-state index is 12.6. The molecule has 146 valence electrons. The Morgan fingerprint density at radius 3 is 2.52 bits per heavy atom. The molecular weight excluding hydrogens is 355 g/mol. The van der Waals surface area contributed by atoms with Gasteiger partial charge in [0.25, 0.3) is 5.91 Å². The van der Waals surface area contributed by atoms with Gasteiger partial charge >= 0.3 is 6.18 Å². The fourth-order valence-corrected chi connectivity index (χ4v) is 2.60. The molecule has 1 heterocycles. The Balaban J connectivity index is 2.04. The van der Waals surface area contributed by atoms with Crippen molar-refractivity contribution in [3.05, 3.63) is 53.7 Å². The molecule has 0 aliphatic carbocycles. The Hall–Kier alpha value is -2.57. The quantitative estimate of drug-likeness (QED) is 0.628. The minimum Gasteiger partial charge on any atom is -0.369 e. The molecule has 4 nitrogen and oxygen atoms in total. The van der Waals surface area contributed by atoms with Crippen molar-refractivity contribution < 1.29 is 18.0 Å². The van der Waals surface area contributed by atoms with Gasteiger partial charge in [-0.15, -0.1) is 0 Å². The molecule has 1 aromatic heterocycles. The second-order valence-electron chi connectivity index (χ2n) is 6.56. The molecule has 0 aliphatic heterocycles. The van der Waals surface area contributed by atoms with Crippen LogP contribution in [0, 0.1) is 5.92 Å². The van der Waals surface area contributed by atoms with Gasteiger partial charge in [0.2, 0.25) is 0 Å². The summed E-state index contributed by atoms with van der Waals surface area (Å²) in [5, 5.41) is 5.81. The van der Waals surface area contributed by atoms with Crippen molar-refractivity contribution in [2.45, 2.75) is 39.3 Å². The van der Waals surface area contributed by atoms with Gasteiger partial charge in [-0.3, -0.25) is 4.79 Å². The van der Waals surface area contributed by atoms with E-state index in [4.69, 9.17) is 0 Å². The van der Waals surface area contributed by atoms with Crippen LogP contribution in [-0.4, -0.2) is 17.4 Å². The first-order chi connectivity index (χ1) is 12.8. The van der Waals surface area contributed by atoms with Crippen LogP contribution in [-0.2, 0) is 6.18 Å². The molecule has 7 heteroatoms. The molecule has 0 aliphatic rings. The summed E-state index contributed by atoms with van der Waals surface area (Å²) >= 11 is 0. The summed E-state index contributed by atoms with van der Waals surface area (Å²) in [6.07, 6.45) is 0.551. The third-order valence-corrected chi connectivity index (χ3v) is 4.19. The van der Waals surface area contributed by atoms with Crippen molar-refractivity contribution in [2.24, 2.45) is 5.92 Å². The van der Waals surface area contributed by atoms with Gasteiger partial charge in [0, 0.05) is 18.4 Å². The van der Waals surface area contributed by atoms with Gasteiger partial charge in [-0.05, 0) is 48.7 Å². The number of carbonyl (C=O) groups excluding carboxylic acids is 1. The molecule has 0 spiro atoms. The van der Waals surface area contributed by atoms with Gasteiger partial charge in [-0.1, -0.05) is 26.7 Å². The van der Waals surface area contributed by atoms with Crippen LogP contribution in [0.5, 0.6) is 0 Å². The number of pyridine rings is 1. The lowest BCUT2D eigenvalue weighted by Gasteiger charge is -2.15. The van der Waals surface area contributed by atoms with Gasteiger partial charge in [-0.2, -0.15) is 13.2 Å². The van der Waals surface area contributed by atoms with Crippen LogP contribution in [0.3, 0.4) is 0 Å². The Kier molecular flexibility index (Phi) is 7.21. The number of carbonyl (C=O) groups is 1. The van der Waals surface area contributed by atoms with Gasteiger partial charge in [0.1, 0.15) is 5.82 Å². The topological polar surface area (TPSA) is 54.0 Å². The molecule has 0 bridgehead atoms. The van der Waals surface area contributed by atoms with Crippen molar-refractivity contribution in [2.75, 3.05) is 17.2 Å². The lowest BCUT2D eigenvalue weighted by atomic mass is 10.0. The number of benzene rings is 1. The highest BCUT2D eigenvalue weighted by atomic mass is 19.4. The minimum atomic E-state index is -4.41. The van der Waals surface area contributed by atoms with Crippen LogP contribution in [0.15, 0.2) is 42.6 Å². The average molecular weight is 379 g/mol. The number of anilines is 2. The highest BCUT2D eigenvalue weighted by Gasteiger charge is 2.30. The van der Waals surface area contributed by atoms with Crippen molar-refractivity contribution in [1.29, 1.82) is 0 Å². The first-order valence-electron chi connectivity index (χ1n) is 8.98. The largest absolute Gasteiger partial charge is 0.416 e. The molecule has 0 fully saturated rings. The second kappa shape index (κ2) is 9.39. The molecule has 2 rings (SSSR count). The van der Waals surface area contributed by atoms with Crippen molar-refractivity contribution in [1.82, 2.24) is 4.98 Å². The van der Waals surface area contributed by atoms with Crippen LogP contribution >= 0.6 is 0 Å². The predicted octanol–water partition coefficient (Wildman–Crippen LogP) is 5.59. The zero-order valence-corrected chi connectivity index (χ0v) is 15.4. The number of hydrogen-bond donors (Lipinski definition) is 2. The summed E-state index contributed by atoms with van der Waals surface area (Å²) < 4.78 is 37.9. The molecule has 1 unspecified atom stereocenters. The normalized spacial score (nSPS) is 12.5. The van der Waals surface area contributed by atoms with E-state index in [1.54, 1.807) is 18.3 Å². The number of alkyl halides is 3. The Morgan fingerprint density at radius 1 is 1.19 bits per heavy atom. The summed E-state index contributed by atoms with van der Waals surface area (Å²) in [4.78, 5) is 16.7. The fraction of sp³-hybridized carbons (Fsp3) is 0.400. The van der Waals surface area contributed by atoms with E-state index in [1.165, 1.54) is 12.1 Å². The number of rotatable bonds is 8. The number of unbranched alkanes of at least 4 members (excludes halogenated alkanes) is 1. The lowest BCUT2D eigenvalue weighted by Crippen LogP contribution is -2.18. The van der Waals surface area contributed by atoms with Crippen LogP contribution in [0.1, 0.15) is 49.0 Å². The van der Waals surface area contributed by atoms with E-state index in [0.29, 0.717) is 29.5 Å². The summed E-state index contributed by atoms with van der Waals surface area (Å²) in [6.45, 7) is 4.97. The maximum Gasteiger partial charge on any atom is 0.416 e. The SMILES string of the molecule is CCCCC(C)CNc1ncccc1C(=O)Nc1ccc(C(F)(F)F)cc1. The zero-order valence-electron chi connectivity index (χ0n) is 15.4. The Bertz CT molecular complexity index is 745. The second-order valence-corrected chi connectivity index (χ2v) is 6.56. The van der Waals surface area contributed by atoms with Gasteiger partial charge in [-0.25, -0.2) is 4.98 Å². The Labute approximate surface area is 157 Å². The molecule has 0 saturated carbocycles. The highest BCUT2D eigenvalue weighted by Crippen LogP contribution is 2.30. The zero-order chi connectivity index (χ0) is 19.9. The fourth-order valence-electron chi connectivity index (χ4n) is 2.60. The van der Waals surface area contributed by atoms with Crippen LogP contribution in [0.25, 0.3) is 0 Å². The number of nitrogens with one attached hydrogen (secondary N) is 2. The summed E-state index contributed by atoms with van der Waals surface area (Å²) in [5.41, 5.74) is -0.121. The molecule has 2 aromatic rings. The minimum absolute atomic E-state index is 0.291. The van der Waals surface area contributed by atoms with Gasteiger partial charge in [0.05, 0.1) is 11.1 Å². The monoisotopic (exact) mass is 379 g/mol. The molecular formula is C20H24F3N3O. The van der Waals surface area contributed by atoms with E-state index in [-0.39, 0.29) is 0 Å². The molecule has 1 amide bonds. The molecule has 2 N–H and O–H groups in total. The first-order valence-corrected chi connectivity index (χ1v) is 8.98. The van der Waals surface area contributed by atoms with Gasteiger partial charge in [0.15, 0.2) is 0 Å². The van der Waals surface area contributed by atoms with Gasteiger partial charge < -0.3 is 10.6 Å². The van der Waals surface area contributed by atoms with E-state index < -0.39 is 17.6 Å². The Morgan fingerprint density at radius 2 is 1.89 bits per heavy atom. The van der Waals surface area contributed by atoms with Crippen LogP contribution < -0.4 is 10.6 Å². The van der Waals surface area contributed by atoms with E-state index in [9.17, 15) is 18.0 Å². The van der Waals surface area contributed by atoms with Crippen molar-refractivity contribution >= 4 is 17.4 Å². The molecule has 0 radical (unpaired) electrons. The lowest BCUT2D eigenvalue weighted by molar-refractivity contribution is -0.137. The van der Waals surface area contributed by atoms with Crippen LogP contribution in [0.2, 0.25) is 0 Å². The number of halogens is 3. The third-order valence-electron chi connectivity index (χ3n) is 4.19. The van der Waals surface area contributed by atoms with E-state index in [0.717, 1.165) is 31.4 Å².